The Bertz CT molecular complexity index is 81.8. The predicted molar refractivity (Wildman–Crippen MR) is 26.0 cm³/mol. The van der Waals surface area contributed by atoms with E-state index < -0.39 is 0 Å². The average Bonchev–Trinajstić information content (AvgIpc) is 1.69. The second-order valence-corrected chi connectivity index (χ2v) is 1.44. The fraction of sp³-hybridized carbons (Fsp3) is 0.500. The van der Waals surface area contributed by atoms with Gasteiger partial charge >= 0.3 is 0 Å². The van der Waals surface area contributed by atoms with Gasteiger partial charge in [0.2, 0.25) is 0 Å². The summed E-state index contributed by atoms with van der Waals surface area (Å²) in [4.78, 5) is 0. The van der Waals surface area contributed by atoms with E-state index >= 15 is 0 Å². The third-order valence-electron chi connectivity index (χ3n) is 0.773. The molecule has 0 radical (unpaired) electrons. The monoisotopic (exact) mass is 100 g/mol. The van der Waals surface area contributed by atoms with E-state index in [4.69, 9.17) is 10.6 Å². The van der Waals surface area contributed by atoms with Crippen LogP contribution in [0.1, 0.15) is 0 Å². The van der Waals surface area contributed by atoms with E-state index in [1.54, 1.807) is 11.3 Å². The lowest BCUT2D eigenvalue weighted by atomic mass is 10.6. The van der Waals surface area contributed by atoms with Crippen molar-refractivity contribution < 1.29 is 4.74 Å². The molecule has 0 fully saturated rings. The summed E-state index contributed by atoms with van der Waals surface area (Å²) in [6, 6.07) is 0. The highest BCUT2D eigenvalue weighted by Gasteiger charge is 1.96. The molecule has 0 aromatic heterocycles. The van der Waals surface area contributed by atoms with Crippen LogP contribution in [0.15, 0.2) is 12.3 Å². The molecule has 1 aliphatic rings. The zero-order valence-corrected chi connectivity index (χ0v) is 4.00. The van der Waals surface area contributed by atoms with Gasteiger partial charge in [0.1, 0.15) is 0 Å². The summed E-state index contributed by atoms with van der Waals surface area (Å²) in [6.45, 7) is 1.30. The van der Waals surface area contributed by atoms with Crippen LogP contribution < -0.4 is 5.84 Å². The number of hydrogen-bond acceptors (Lipinski definition) is 3. The molecule has 7 heavy (non-hydrogen) atoms. The molecule has 0 aliphatic carbocycles. The zero-order valence-electron chi connectivity index (χ0n) is 4.00. The molecule has 0 saturated carbocycles. The highest BCUT2D eigenvalue weighted by Crippen LogP contribution is 1.88. The van der Waals surface area contributed by atoms with Gasteiger partial charge in [-0.2, -0.15) is 0 Å². The lowest BCUT2D eigenvalue weighted by molar-refractivity contribution is 0.0836. The minimum absolute atomic E-state index is 0.510. The van der Waals surface area contributed by atoms with E-state index in [0.29, 0.717) is 6.73 Å². The van der Waals surface area contributed by atoms with Crippen LogP contribution in [0.2, 0.25) is 0 Å². The summed E-state index contributed by atoms with van der Waals surface area (Å²) < 4.78 is 4.80. The van der Waals surface area contributed by atoms with Crippen molar-refractivity contribution in [2.24, 2.45) is 5.84 Å². The Labute approximate surface area is 42.3 Å². The highest BCUT2D eigenvalue weighted by atomic mass is 16.5. The van der Waals surface area contributed by atoms with Crippen molar-refractivity contribution in [1.29, 1.82) is 0 Å². The number of hydrazine groups is 1. The Morgan fingerprint density at radius 2 is 2.57 bits per heavy atom. The topological polar surface area (TPSA) is 38.5 Å². The number of hydrogen-bond donors (Lipinski definition) is 1. The van der Waals surface area contributed by atoms with Gasteiger partial charge < -0.3 is 4.74 Å². The van der Waals surface area contributed by atoms with Crippen LogP contribution in [-0.2, 0) is 4.74 Å². The maximum atomic E-state index is 5.29. The third-order valence-corrected chi connectivity index (χ3v) is 0.773. The first kappa shape index (κ1) is 4.61. The fourth-order valence-electron chi connectivity index (χ4n) is 0.438. The SMILES string of the molecule is NN1CC=COC1. The summed E-state index contributed by atoms with van der Waals surface area (Å²) in [5.74, 6) is 5.29. The van der Waals surface area contributed by atoms with Gasteiger partial charge in [0.15, 0.2) is 6.73 Å². The summed E-state index contributed by atoms with van der Waals surface area (Å²) in [5.41, 5.74) is 0. The largest absolute Gasteiger partial charge is 0.485 e. The van der Waals surface area contributed by atoms with E-state index in [2.05, 4.69) is 0 Å². The quantitative estimate of drug-likeness (QED) is 0.423. The van der Waals surface area contributed by atoms with Gasteiger partial charge in [-0.05, 0) is 6.08 Å². The standard InChI is InChI=1S/C4H8N2O/c5-6-2-1-3-7-4-6/h1,3H,2,4-5H2. The van der Waals surface area contributed by atoms with E-state index in [-0.39, 0.29) is 0 Å². The van der Waals surface area contributed by atoms with E-state index in [1.807, 2.05) is 6.08 Å². The van der Waals surface area contributed by atoms with Crippen LogP contribution in [0.4, 0.5) is 0 Å². The normalized spacial score (nSPS) is 21.9. The molecule has 0 bridgehead atoms. The van der Waals surface area contributed by atoms with Crippen molar-refractivity contribution in [3.63, 3.8) is 0 Å². The second kappa shape index (κ2) is 1.95. The van der Waals surface area contributed by atoms with Crippen LogP contribution in [-0.4, -0.2) is 18.3 Å². The molecule has 1 heterocycles. The van der Waals surface area contributed by atoms with Crippen LogP contribution in [0, 0.1) is 0 Å². The van der Waals surface area contributed by atoms with Crippen LogP contribution in [0.3, 0.4) is 0 Å². The number of nitrogens with zero attached hydrogens (tertiary/aromatic N) is 1. The number of rotatable bonds is 0. The third kappa shape index (κ3) is 1.17. The summed E-state index contributed by atoms with van der Waals surface area (Å²) in [6.07, 6.45) is 3.52. The van der Waals surface area contributed by atoms with E-state index in [1.165, 1.54) is 0 Å². The molecule has 0 unspecified atom stereocenters. The summed E-state index contributed by atoms with van der Waals surface area (Å²) in [7, 11) is 0. The molecular weight excluding hydrogens is 92.1 g/mol. The minimum atomic E-state index is 0.510. The average molecular weight is 100 g/mol. The maximum Gasteiger partial charge on any atom is 0.153 e. The maximum absolute atomic E-state index is 5.29. The Kier molecular flexibility index (Phi) is 1.29. The minimum Gasteiger partial charge on any atom is -0.485 e. The van der Waals surface area contributed by atoms with E-state index in [9.17, 15) is 0 Å². The van der Waals surface area contributed by atoms with Crippen LogP contribution >= 0.6 is 0 Å². The molecule has 3 nitrogen and oxygen atoms in total. The van der Waals surface area contributed by atoms with Gasteiger partial charge in [-0.15, -0.1) is 0 Å². The smallest absolute Gasteiger partial charge is 0.153 e. The lowest BCUT2D eigenvalue weighted by Gasteiger charge is -2.16. The van der Waals surface area contributed by atoms with Gasteiger partial charge in [0.05, 0.1) is 6.26 Å². The molecular formula is C4H8N2O. The van der Waals surface area contributed by atoms with Gasteiger partial charge in [-0.25, -0.2) is 5.01 Å². The molecule has 1 rings (SSSR count). The molecule has 0 saturated heterocycles. The first-order valence-electron chi connectivity index (χ1n) is 2.16. The lowest BCUT2D eigenvalue weighted by Crippen LogP contribution is -2.34. The molecule has 0 amide bonds. The molecule has 0 atom stereocenters. The Morgan fingerprint density at radius 1 is 1.71 bits per heavy atom. The van der Waals surface area contributed by atoms with Crippen molar-refractivity contribution in [3.05, 3.63) is 12.3 Å². The molecule has 3 heteroatoms. The zero-order chi connectivity index (χ0) is 5.11. The van der Waals surface area contributed by atoms with Gasteiger partial charge in [-0.1, -0.05) is 0 Å². The molecule has 0 spiro atoms. The first-order valence-corrected chi connectivity index (χ1v) is 2.16. The van der Waals surface area contributed by atoms with Crippen molar-refractivity contribution in [3.8, 4) is 0 Å². The van der Waals surface area contributed by atoms with Gasteiger partial charge in [0.25, 0.3) is 0 Å². The van der Waals surface area contributed by atoms with Gasteiger partial charge in [-0.3, -0.25) is 5.84 Å². The van der Waals surface area contributed by atoms with Crippen molar-refractivity contribution >= 4 is 0 Å². The first-order chi connectivity index (χ1) is 3.39. The molecule has 2 N–H and O–H groups in total. The fourth-order valence-corrected chi connectivity index (χ4v) is 0.438. The Balaban J connectivity index is 2.32. The number of ether oxygens (including phenoxy) is 1. The molecule has 1 aliphatic heterocycles. The summed E-state index contributed by atoms with van der Waals surface area (Å²) >= 11 is 0. The summed E-state index contributed by atoms with van der Waals surface area (Å²) in [5, 5.41) is 1.58. The highest BCUT2D eigenvalue weighted by molar-refractivity contribution is 4.78. The molecule has 40 valence electrons. The Morgan fingerprint density at radius 3 is 2.86 bits per heavy atom. The molecule has 0 aromatic rings. The van der Waals surface area contributed by atoms with E-state index in [0.717, 1.165) is 6.54 Å². The predicted octanol–water partition coefficient (Wildman–Crippen LogP) is -0.337. The van der Waals surface area contributed by atoms with Crippen molar-refractivity contribution in [2.75, 3.05) is 13.3 Å². The Hall–Kier alpha value is -0.540. The number of nitrogens with two attached hydrogens (primary N) is 1. The second-order valence-electron chi connectivity index (χ2n) is 1.44. The molecule has 0 aromatic carbocycles. The van der Waals surface area contributed by atoms with Gasteiger partial charge in [0, 0.05) is 6.54 Å². The van der Waals surface area contributed by atoms with Crippen molar-refractivity contribution in [2.45, 2.75) is 0 Å². The van der Waals surface area contributed by atoms with Crippen LogP contribution in [0.5, 0.6) is 0 Å². The van der Waals surface area contributed by atoms with Crippen LogP contribution in [0.25, 0.3) is 0 Å². The van der Waals surface area contributed by atoms with Crippen molar-refractivity contribution in [1.82, 2.24) is 5.01 Å².